The molecule has 0 radical (unpaired) electrons. The minimum Gasteiger partial charge on any atom is -0.336 e. The van der Waals surface area contributed by atoms with Gasteiger partial charge in [-0.05, 0) is 57.2 Å². The fourth-order valence-corrected chi connectivity index (χ4v) is 3.13. The molecule has 130 valence electrons. The van der Waals surface area contributed by atoms with Gasteiger partial charge < -0.3 is 10.2 Å². The van der Waals surface area contributed by atoms with Gasteiger partial charge in [0, 0.05) is 19.0 Å². The summed E-state index contributed by atoms with van der Waals surface area (Å²) in [7, 11) is 0. The molecule has 1 amide bonds. The standard InChI is InChI=1S/C19H30N2O.ClH/c1-3-16(2)21(15-18-7-5-4-6-8-18)19(22)10-9-17-11-13-20-14-12-17;/h4-8,16-17,20H,3,9-15H2,1-2H3;1H. The monoisotopic (exact) mass is 338 g/mol. The van der Waals surface area contributed by atoms with Gasteiger partial charge in [-0.3, -0.25) is 4.79 Å². The highest BCUT2D eigenvalue weighted by atomic mass is 35.5. The second-order valence-electron chi connectivity index (χ2n) is 6.50. The molecule has 1 saturated heterocycles. The molecule has 1 unspecified atom stereocenters. The van der Waals surface area contributed by atoms with Crippen molar-refractivity contribution in [3.63, 3.8) is 0 Å². The number of benzene rings is 1. The van der Waals surface area contributed by atoms with Gasteiger partial charge in [-0.15, -0.1) is 12.4 Å². The largest absolute Gasteiger partial charge is 0.336 e. The van der Waals surface area contributed by atoms with Crippen molar-refractivity contribution in [1.29, 1.82) is 0 Å². The molecular weight excluding hydrogens is 308 g/mol. The SMILES string of the molecule is CCC(C)N(Cc1ccccc1)C(=O)CCC1CCNCC1.Cl. The Balaban J connectivity index is 0.00000264. The van der Waals surface area contributed by atoms with E-state index in [0.29, 0.717) is 18.4 Å². The van der Waals surface area contributed by atoms with E-state index in [1.807, 2.05) is 18.2 Å². The number of piperidine rings is 1. The van der Waals surface area contributed by atoms with E-state index < -0.39 is 0 Å². The number of nitrogens with zero attached hydrogens (tertiary/aromatic N) is 1. The molecule has 1 aliphatic heterocycles. The molecule has 1 aromatic carbocycles. The third-order valence-corrected chi connectivity index (χ3v) is 4.86. The Morgan fingerprint density at radius 3 is 2.52 bits per heavy atom. The van der Waals surface area contributed by atoms with Gasteiger partial charge in [-0.1, -0.05) is 37.3 Å². The zero-order chi connectivity index (χ0) is 15.8. The van der Waals surface area contributed by atoms with E-state index in [1.165, 1.54) is 18.4 Å². The molecule has 0 aromatic heterocycles. The van der Waals surface area contributed by atoms with E-state index in [0.717, 1.165) is 38.4 Å². The number of hydrogen-bond acceptors (Lipinski definition) is 2. The van der Waals surface area contributed by atoms with Gasteiger partial charge in [0.2, 0.25) is 5.91 Å². The highest BCUT2D eigenvalue weighted by molar-refractivity contribution is 5.85. The van der Waals surface area contributed by atoms with E-state index in [4.69, 9.17) is 0 Å². The summed E-state index contributed by atoms with van der Waals surface area (Å²) in [6.07, 6.45) is 5.18. The highest BCUT2D eigenvalue weighted by Crippen LogP contribution is 2.20. The summed E-state index contributed by atoms with van der Waals surface area (Å²) in [6, 6.07) is 10.6. The van der Waals surface area contributed by atoms with Crippen LogP contribution in [0, 0.1) is 5.92 Å². The molecule has 0 spiro atoms. The average Bonchev–Trinajstić information content (AvgIpc) is 2.58. The van der Waals surface area contributed by atoms with Gasteiger partial charge >= 0.3 is 0 Å². The summed E-state index contributed by atoms with van der Waals surface area (Å²) < 4.78 is 0. The summed E-state index contributed by atoms with van der Waals surface area (Å²) in [4.78, 5) is 14.8. The summed E-state index contributed by atoms with van der Waals surface area (Å²) in [5.74, 6) is 1.04. The smallest absolute Gasteiger partial charge is 0.223 e. The topological polar surface area (TPSA) is 32.3 Å². The van der Waals surface area contributed by atoms with Crippen LogP contribution in [0.4, 0.5) is 0 Å². The summed E-state index contributed by atoms with van der Waals surface area (Å²) in [5.41, 5.74) is 1.22. The van der Waals surface area contributed by atoms with E-state index in [1.54, 1.807) is 0 Å². The van der Waals surface area contributed by atoms with Gasteiger partial charge in [0.15, 0.2) is 0 Å². The van der Waals surface area contributed by atoms with Crippen LogP contribution in [0.1, 0.15) is 51.5 Å². The lowest BCUT2D eigenvalue weighted by Crippen LogP contribution is -2.38. The lowest BCUT2D eigenvalue weighted by Gasteiger charge is -2.30. The minimum absolute atomic E-state index is 0. The predicted molar refractivity (Wildman–Crippen MR) is 98.8 cm³/mol. The second-order valence-corrected chi connectivity index (χ2v) is 6.50. The Morgan fingerprint density at radius 2 is 1.91 bits per heavy atom. The molecule has 0 bridgehead atoms. The fourth-order valence-electron chi connectivity index (χ4n) is 3.13. The number of carbonyl (C=O) groups excluding carboxylic acids is 1. The van der Waals surface area contributed by atoms with Gasteiger partial charge in [0.25, 0.3) is 0 Å². The van der Waals surface area contributed by atoms with Crippen molar-refractivity contribution in [2.24, 2.45) is 5.92 Å². The molecule has 0 saturated carbocycles. The first-order valence-electron chi connectivity index (χ1n) is 8.74. The molecule has 3 nitrogen and oxygen atoms in total. The van der Waals surface area contributed by atoms with Crippen molar-refractivity contribution >= 4 is 18.3 Å². The third-order valence-electron chi connectivity index (χ3n) is 4.86. The molecule has 23 heavy (non-hydrogen) atoms. The van der Waals surface area contributed by atoms with Crippen LogP contribution in [0.5, 0.6) is 0 Å². The number of amides is 1. The van der Waals surface area contributed by atoms with Gasteiger partial charge in [0.1, 0.15) is 0 Å². The van der Waals surface area contributed by atoms with E-state index in [2.05, 4.69) is 36.2 Å². The Hall–Kier alpha value is -1.06. The molecular formula is C19H31ClN2O. The maximum absolute atomic E-state index is 12.7. The first kappa shape index (κ1) is 20.0. The number of rotatable bonds is 7. The average molecular weight is 339 g/mol. The second kappa shape index (κ2) is 10.7. The molecule has 1 aliphatic rings. The van der Waals surface area contributed by atoms with Crippen LogP contribution in [-0.2, 0) is 11.3 Å². The van der Waals surface area contributed by atoms with Crippen molar-refractivity contribution in [1.82, 2.24) is 10.2 Å². The van der Waals surface area contributed by atoms with Crippen LogP contribution in [0.25, 0.3) is 0 Å². The Labute approximate surface area is 147 Å². The van der Waals surface area contributed by atoms with Gasteiger partial charge in [-0.2, -0.15) is 0 Å². The van der Waals surface area contributed by atoms with E-state index in [-0.39, 0.29) is 12.4 Å². The van der Waals surface area contributed by atoms with Crippen LogP contribution in [-0.4, -0.2) is 29.9 Å². The zero-order valence-corrected chi connectivity index (χ0v) is 15.3. The maximum atomic E-state index is 12.7. The van der Waals surface area contributed by atoms with Crippen LogP contribution < -0.4 is 5.32 Å². The molecule has 1 aromatic rings. The quantitative estimate of drug-likeness (QED) is 0.814. The van der Waals surface area contributed by atoms with Crippen LogP contribution in [0.2, 0.25) is 0 Å². The van der Waals surface area contributed by atoms with Crippen molar-refractivity contribution in [2.45, 2.75) is 58.5 Å². The zero-order valence-electron chi connectivity index (χ0n) is 14.5. The van der Waals surface area contributed by atoms with Crippen LogP contribution in [0.3, 0.4) is 0 Å². The number of nitrogens with one attached hydrogen (secondary N) is 1. The Bertz CT molecular complexity index is 446. The summed E-state index contributed by atoms with van der Waals surface area (Å²) in [6.45, 7) is 7.27. The summed E-state index contributed by atoms with van der Waals surface area (Å²) >= 11 is 0. The summed E-state index contributed by atoms with van der Waals surface area (Å²) in [5, 5.41) is 3.39. The van der Waals surface area contributed by atoms with Gasteiger partial charge in [-0.25, -0.2) is 0 Å². The number of halogens is 1. The first-order valence-corrected chi connectivity index (χ1v) is 8.74. The molecule has 1 N–H and O–H groups in total. The Kier molecular flexibility index (Phi) is 9.27. The number of hydrogen-bond donors (Lipinski definition) is 1. The Morgan fingerprint density at radius 1 is 1.26 bits per heavy atom. The first-order chi connectivity index (χ1) is 10.7. The van der Waals surface area contributed by atoms with Crippen molar-refractivity contribution in [3.8, 4) is 0 Å². The lowest BCUT2D eigenvalue weighted by molar-refractivity contribution is -0.134. The van der Waals surface area contributed by atoms with Crippen molar-refractivity contribution in [2.75, 3.05) is 13.1 Å². The van der Waals surface area contributed by atoms with E-state index >= 15 is 0 Å². The van der Waals surface area contributed by atoms with Crippen LogP contribution >= 0.6 is 12.4 Å². The van der Waals surface area contributed by atoms with Crippen LogP contribution in [0.15, 0.2) is 30.3 Å². The molecule has 4 heteroatoms. The number of carbonyl (C=O) groups is 1. The molecule has 1 fully saturated rings. The fraction of sp³-hybridized carbons (Fsp3) is 0.632. The third kappa shape index (κ3) is 6.52. The van der Waals surface area contributed by atoms with Gasteiger partial charge in [0.05, 0.1) is 0 Å². The van der Waals surface area contributed by atoms with E-state index in [9.17, 15) is 4.79 Å². The highest BCUT2D eigenvalue weighted by Gasteiger charge is 2.21. The molecule has 1 heterocycles. The van der Waals surface area contributed by atoms with Crippen molar-refractivity contribution < 1.29 is 4.79 Å². The van der Waals surface area contributed by atoms with Crippen molar-refractivity contribution in [3.05, 3.63) is 35.9 Å². The maximum Gasteiger partial charge on any atom is 0.223 e. The normalized spacial score (nSPS) is 16.4. The molecule has 0 aliphatic carbocycles. The lowest BCUT2D eigenvalue weighted by atomic mass is 9.93. The minimum atomic E-state index is 0. The molecule has 2 rings (SSSR count). The molecule has 1 atom stereocenters. The predicted octanol–water partition coefficient (Wildman–Crippen LogP) is 4.02.